The molecular formula is C6H12N2. The monoisotopic (exact) mass is 112 g/mol. The first-order valence-corrected chi connectivity index (χ1v) is 2.58. The van der Waals surface area contributed by atoms with Crippen LogP contribution in [0.1, 0.15) is 13.8 Å². The molecule has 0 radical (unpaired) electrons. The maximum atomic E-state index is 5.41. The molecule has 0 saturated heterocycles. The van der Waals surface area contributed by atoms with Crippen molar-refractivity contribution in [1.82, 2.24) is 0 Å². The van der Waals surface area contributed by atoms with Crippen molar-refractivity contribution in [2.24, 2.45) is 10.7 Å². The molecule has 8 heavy (non-hydrogen) atoms. The molecular weight excluding hydrogens is 100 g/mol. The third-order valence-electron chi connectivity index (χ3n) is 1.08. The van der Waals surface area contributed by atoms with Crippen LogP contribution in [0, 0.1) is 0 Å². The minimum atomic E-state index is 0.618. The minimum absolute atomic E-state index is 0.618. The Hall–Kier alpha value is -0.790. The van der Waals surface area contributed by atoms with Crippen molar-refractivity contribution in [3.63, 3.8) is 0 Å². The molecule has 46 valence electrons. The van der Waals surface area contributed by atoms with Crippen LogP contribution < -0.4 is 5.73 Å². The minimum Gasteiger partial charge on any atom is -0.384 e. The molecule has 0 aromatic heterocycles. The lowest BCUT2D eigenvalue weighted by atomic mass is 10.3. The molecule has 0 saturated carbocycles. The quantitative estimate of drug-likeness (QED) is 0.398. The highest BCUT2D eigenvalue weighted by Crippen LogP contribution is 1.88. The first kappa shape index (κ1) is 7.21. The highest BCUT2D eigenvalue weighted by atomic mass is 14.8. The number of hydrogen-bond donors (Lipinski definition) is 1. The van der Waals surface area contributed by atoms with E-state index < -0.39 is 0 Å². The summed E-state index contributed by atoms with van der Waals surface area (Å²) >= 11 is 0. The van der Waals surface area contributed by atoms with Gasteiger partial charge < -0.3 is 5.73 Å². The number of aliphatic imine (C=N–C) groups is 1. The van der Waals surface area contributed by atoms with E-state index in [4.69, 9.17) is 5.73 Å². The molecule has 0 fully saturated rings. The van der Waals surface area contributed by atoms with E-state index in [9.17, 15) is 0 Å². The second-order valence-corrected chi connectivity index (χ2v) is 1.58. The van der Waals surface area contributed by atoms with Gasteiger partial charge in [-0.05, 0) is 19.4 Å². The first-order chi connectivity index (χ1) is 3.72. The summed E-state index contributed by atoms with van der Waals surface area (Å²) in [6.07, 6.45) is 1.93. The van der Waals surface area contributed by atoms with Gasteiger partial charge in [0, 0.05) is 7.05 Å². The number of nitrogens with two attached hydrogens (primary N) is 1. The van der Waals surface area contributed by atoms with E-state index in [1.165, 1.54) is 0 Å². The van der Waals surface area contributed by atoms with E-state index in [0.29, 0.717) is 5.84 Å². The van der Waals surface area contributed by atoms with Gasteiger partial charge in [-0.3, -0.25) is 4.99 Å². The largest absolute Gasteiger partial charge is 0.384 e. The van der Waals surface area contributed by atoms with E-state index in [0.717, 1.165) is 5.57 Å². The van der Waals surface area contributed by atoms with E-state index in [1.54, 1.807) is 7.05 Å². The van der Waals surface area contributed by atoms with Gasteiger partial charge in [0.15, 0.2) is 0 Å². The smallest absolute Gasteiger partial charge is 0.120 e. The van der Waals surface area contributed by atoms with Crippen LogP contribution in [0.3, 0.4) is 0 Å². The Morgan fingerprint density at radius 1 is 1.62 bits per heavy atom. The van der Waals surface area contributed by atoms with E-state index >= 15 is 0 Å². The lowest BCUT2D eigenvalue weighted by molar-refractivity contribution is 1.36. The lowest BCUT2D eigenvalue weighted by Crippen LogP contribution is -2.11. The molecule has 0 bridgehead atoms. The predicted octanol–water partition coefficient (Wildman–Crippen LogP) is 0.940. The number of allylic oxidation sites excluding steroid dienone is 1. The Bertz CT molecular complexity index is 106. The van der Waals surface area contributed by atoms with Crippen molar-refractivity contribution in [3.8, 4) is 0 Å². The lowest BCUT2D eigenvalue weighted by Gasteiger charge is -1.94. The Kier molecular flexibility index (Phi) is 2.92. The molecule has 0 unspecified atom stereocenters. The fraction of sp³-hybridized carbons (Fsp3) is 0.500. The van der Waals surface area contributed by atoms with Crippen molar-refractivity contribution in [2.45, 2.75) is 13.8 Å². The van der Waals surface area contributed by atoms with Crippen LogP contribution >= 0.6 is 0 Å². The van der Waals surface area contributed by atoms with Crippen LogP contribution in [0.25, 0.3) is 0 Å². The molecule has 0 spiro atoms. The fourth-order valence-electron chi connectivity index (χ4n) is 0.324. The Morgan fingerprint density at radius 2 is 2.12 bits per heavy atom. The number of rotatable bonds is 1. The molecule has 0 aliphatic heterocycles. The topological polar surface area (TPSA) is 38.4 Å². The molecule has 2 heteroatoms. The normalized spacial score (nSPS) is 14.4. The van der Waals surface area contributed by atoms with Crippen LogP contribution in [0.2, 0.25) is 0 Å². The molecule has 0 atom stereocenters. The zero-order chi connectivity index (χ0) is 6.57. The van der Waals surface area contributed by atoms with Crippen LogP contribution in [0.15, 0.2) is 16.6 Å². The summed E-state index contributed by atoms with van der Waals surface area (Å²) in [5.41, 5.74) is 6.44. The summed E-state index contributed by atoms with van der Waals surface area (Å²) in [5, 5.41) is 0. The highest BCUT2D eigenvalue weighted by Gasteiger charge is 1.87. The summed E-state index contributed by atoms with van der Waals surface area (Å²) in [6.45, 7) is 3.87. The molecule has 0 aromatic rings. The molecule has 2 nitrogen and oxygen atoms in total. The molecule has 0 rings (SSSR count). The SMILES string of the molecule is CC=C(C)C(N)=NC. The summed E-state index contributed by atoms with van der Waals surface area (Å²) < 4.78 is 0. The second-order valence-electron chi connectivity index (χ2n) is 1.58. The van der Waals surface area contributed by atoms with Crippen LogP contribution in [0.5, 0.6) is 0 Å². The van der Waals surface area contributed by atoms with Gasteiger partial charge in [0.25, 0.3) is 0 Å². The Morgan fingerprint density at radius 3 is 2.25 bits per heavy atom. The number of amidine groups is 1. The third-order valence-corrected chi connectivity index (χ3v) is 1.08. The molecule has 0 aliphatic carbocycles. The maximum Gasteiger partial charge on any atom is 0.120 e. The molecule has 0 amide bonds. The summed E-state index contributed by atoms with van der Waals surface area (Å²) in [7, 11) is 1.68. The standard InChI is InChI=1S/C6H12N2/c1-4-5(2)6(7)8-3/h4H,1-3H3,(H2,7,8). The van der Waals surface area contributed by atoms with Gasteiger partial charge in [0.05, 0.1) is 0 Å². The van der Waals surface area contributed by atoms with Crippen molar-refractivity contribution >= 4 is 5.84 Å². The number of hydrogen-bond acceptors (Lipinski definition) is 1. The van der Waals surface area contributed by atoms with Crippen molar-refractivity contribution in [1.29, 1.82) is 0 Å². The zero-order valence-electron chi connectivity index (χ0n) is 5.60. The molecule has 2 N–H and O–H groups in total. The van der Waals surface area contributed by atoms with Gasteiger partial charge in [0.2, 0.25) is 0 Å². The molecule has 0 aliphatic rings. The van der Waals surface area contributed by atoms with E-state index in [2.05, 4.69) is 4.99 Å². The van der Waals surface area contributed by atoms with Gasteiger partial charge in [-0.1, -0.05) is 6.08 Å². The highest BCUT2D eigenvalue weighted by molar-refractivity contribution is 5.96. The van der Waals surface area contributed by atoms with E-state index in [-0.39, 0.29) is 0 Å². The fourth-order valence-corrected chi connectivity index (χ4v) is 0.324. The van der Waals surface area contributed by atoms with Crippen LogP contribution in [-0.4, -0.2) is 12.9 Å². The van der Waals surface area contributed by atoms with E-state index in [1.807, 2.05) is 19.9 Å². The average Bonchev–Trinajstić information content (AvgIpc) is 1.84. The first-order valence-electron chi connectivity index (χ1n) is 2.58. The number of nitrogens with zero attached hydrogens (tertiary/aromatic N) is 1. The third kappa shape index (κ3) is 1.78. The van der Waals surface area contributed by atoms with Crippen molar-refractivity contribution in [3.05, 3.63) is 11.6 Å². The summed E-state index contributed by atoms with van der Waals surface area (Å²) in [5.74, 6) is 0.618. The average molecular weight is 112 g/mol. The molecule has 0 heterocycles. The Balaban J connectivity index is 4.04. The molecule has 0 aromatic carbocycles. The van der Waals surface area contributed by atoms with Gasteiger partial charge in [-0.2, -0.15) is 0 Å². The Labute approximate surface area is 50.1 Å². The van der Waals surface area contributed by atoms with Gasteiger partial charge >= 0.3 is 0 Å². The van der Waals surface area contributed by atoms with Gasteiger partial charge in [-0.15, -0.1) is 0 Å². The van der Waals surface area contributed by atoms with Crippen LogP contribution in [0.4, 0.5) is 0 Å². The summed E-state index contributed by atoms with van der Waals surface area (Å²) in [4.78, 5) is 3.79. The van der Waals surface area contributed by atoms with Crippen molar-refractivity contribution in [2.75, 3.05) is 7.05 Å². The summed E-state index contributed by atoms with van der Waals surface area (Å²) in [6, 6.07) is 0. The maximum absolute atomic E-state index is 5.41. The van der Waals surface area contributed by atoms with Gasteiger partial charge in [-0.25, -0.2) is 0 Å². The van der Waals surface area contributed by atoms with Gasteiger partial charge in [0.1, 0.15) is 5.84 Å². The zero-order valence-corrected chi connectivity index (χ0v) is 5.60. The second kappa shape index (κ2) is 3.24. The van der Waals surface area contributed by atoms with Crippen molar-refractivity contribution < 1.29 is 0 Å². The van der Waals surface area contributed by atoms with Crippen LogP contribution in [-0.2, 0) is 0 Å². The predicted molar refractivity (Wildman–Crippen MR) is 37.0 cm³/mol.